The number of carbonyl (C=O) groups excluding carboxylic acids is 2. The third kappa shape index (κ3) is 6.74. The summed E-state index contributed by atoms with van der Waals surface area (Å²) in [7, 11) is 1.60. The molecule has 0 bridgehead atoms. The van der Waals surface area contributed by atoms with Crippen molar-refractivity contribution < 1.29 is 19.1 Å². The zero-order valence-corrected chi connectivity index (χ0v) is 19.5. The smallest absolute Gasteiger partial charge is 0.261 e. The van der Waals surface area contributed by atoms with Crippen molar-refractivity contribution >= 4 is 11.8 Å². The van der Waals surface area contributed by atoms with Gasteiger partial charge < -0.3 is 19.7 Å². The van der Waals surface area contributed by atoms with Crippen LogP contribution in [0.2, 0.25) is 0 Å². The molecule has 2 aromatic rings. The number of methoxy groups -OCH3 is 1. The molecule has 6 nitrogen and oxygen atoms in total. The summed E-state index contributed by atoms with van der Waals surface area (Å²) in [5.41, 5.74) is 4.07. The van der Waals surface area contributed by atoms with Crippen molar-refractivity contribution in [3.05, 3.63) is 58.7 Å². The second-order valence-electron chi connectivity index (χ2n) is 7.83. The topological polar surface area (TPSA) is 67.9 Å². The van der Waals surface area contributed by atoms with Crippen LogP contribution < -0.4 is 14.8 Å². The summed E-state index contributed by atoms with van der Waals surface area (Å²) in [6.07, 6.45) is 0.831. The van der Waals surface area contributed by atoms with E-state index in [1.807, 2.05) is 58.0 Å². The number of hydrogen-bond acceptors (Lipinski definition) is 4. The highest BCUT2D eigenvalue weighted by molar-refractivity contribution is 5.88. The Labute approximate surface area is 185 Å². The van der Waals surface area contributed by atoms with Crippen LogP contribution in [0.1, 0.15) is 42.5 Å². The molecule has 0 radical (unpaired) electrons. The van der Waals surface area contributed by atoms with Crippen LogP contribution in [-0.4, -0.2) is 43.0 Å². The molecule has 31 heavy (non-hydrogen) atoms. The summed E-state index contributed by atoms with van der Waals surface area (Å²) in [4.78, 5) is 27.3. The van der Waals surface area contributed by atoms with Gasteiger partial charge in [0.1, 0.15) is 17.5 Å². The van der Waals surface area contributed by atoms with Crippen molar-refractivity contribution in [1.29, 1.82) is 0 Å². The van der Waals surface area contributed by atoms with Gasteiger partial charge >= 0.3 is 0 Å². The summed E-state index contributed by atoms with van der Waals surface area (Å²) in [5, 5.41) is 2.88. The molecule has 0 aliphatic heterocycles. The van der Waals surface area contributed by atoms with Gasteiger partial charge in [-0.3, -0.25) is 9.59 Å². The van der Waals surface area contributed by atoms with Gasteiger partial charge in [-0.15, -0.1) is 0 Å². The largest absolute Gasteiger partial charge is 0.497 e. The van der Waals surface area contributed by atoms with E-state index in [4.69, 9.17) is 9.47 Å². The molecule has 168 valence electrons. The molecule has 0 saturated carbocycles. The van der Waals surface area contributed by atoms with E-state index in [2.05, 4.69) is 11.4 Å². The first-order valence-corrected chi connectivity index (χ1v) is 10.7. The monoisotopic (exact) mass is 426 g/mol. The van der Waals surface area contributed by atoms with Gasteiger partial charge in [0.25, 0.3) is 5.91 Å². The van der Waals surface area contributed by atoms with E-state index in [1.54, 1.807) is 18.9 Å². The standard InChI is InChI=1S/C25H34N2O4/c1-7-11-26-25(29)20(5)27(15-21-9-8-10-22(14-21)30-6)24(28)16-31-23-13-17(2)12-18(3)19(23)4/h8-10,12-14,20H,7,11,15-16H2,1-6H3,(H,26,29)/t20-/m1/s1. The first-order chi connectivity index (χ1) is 14.8. The minimum Gasteiger partial charge on any atom is -0.497 e. The quantitative estimate of drug-likeness (QED) is 0.625. The molecule has 0 spiro atoms. The van der Waals surface area contributed by atoms with Crippen molar-refractivity contribution in [2.75, 3.05) is 20.3 Å². The Balaban J connectivity index is 2.21. The zero-order chi connectivity index (χ0) is 23.0. The number of nitrogens with zero attached hydrogens (tertiary/aromatic N) is 1. The van der Waals surface area contributed by atoms with E-state index >= 15 is 0 Å². The number of benzene rings is 2. The van der Waals surface area contributed by atoms with Crippen LogP contribution in [0.15, 0.2) is 36.4 Å². The highest BCUT2D eigenvalue weighted by Gasteiger charge is 2.26. The van der Waals surface area contributed by atoms with E-state index in [0.717, 1.165) is 28.7 Å². The minimum absolute atomic E-state index is 0.140. The molecule has 0 heterocycles. The number of amides is 2. The average molecular weight is 427 g/mol. The fraction of sp³-hybridized carbons (Fsp3) is 0.440. The normalized spacial score (nSPS) is 11.5. The summed E-state index contributed by atoms with van der Waals surface area (Å²) >= 11 is 0. The molecule has 1 atom stereocenters. The Morgan fingerprint density at radius 1 is 1.13 bits per heavy atom. The van der Waals surface area contributed by atoms with E-state index in [1.165, 1.54) is 0 Å². The number of nitrogens with one attached hydrogen (secondary N) is 1. The lowest BCUT2D eigenvalue weighted by atomic mass is 10.1. The first-order valence-electron chi connectivity index (χ1n) is 10.7. The second kappa shape index (κ2) is 11.4. The van der Waals surface area contributed by atoms with Crippen molar-refractivity contribution in [1.82, 2.24) is 10.2 Å². The Bertz CT molecular complexity index is 910. The van der Waals surface area contributed by atoms with Crippen molar-refractivity contribution in [2.24, 2.45) is 0 Å². The zero-order valence-electron chi connectivity index (χ0n) is 19.5. The second-order valence-corrected chi connectivity index (χ2v) is 7.83. The summed E-state index contributed by atoms with van der Waals surface area (Å²) in [5.74, 6) is 0.964. The van der Waals surface area contributed by atoms with Gasteiger partial charge in [0.15, 0.2) is 6.61 Å². The van der Waals surface area contributed by atoms with Gasteiger partial charge in [-0.05, 0) is 74.6 Å². The van der Waals surface area contributed by atoms with Gasteiger partial charge in [-0.25, -0.2) is 0 Å². The van der Waals surface area contributed by atoms with Crippen LogP contribution in [-0.2, 0) is 16.1 Å². The van der Waals surface area contributed by atoms with Crippen LogP contribution in [0.3, 0.4) is 0 Å². The summed E-state index contributed by atoms with van der Waals surface area (Å²) in [6, 6.07) is 10.9. The lowest BCUT2D eigenvalue weighted by molar-refractivity contribution is -0.142. The highest BCUT2D eigenvalue weighted by atomic mass is 16.5. The maximum absolute atomic E-state index is 13.2. The van der Waals surface area contributed by atoms with E-state index in [9.17, 15) is 9.59 Å². The number of aryl methyl sites for hydroxylation is 2. The fourth-order valence-electron chi connectivity index (χ4n) is 3.32. The molecule has 0 unspecified atom stereocenters. The third-order valence-corrected chi connectivity index (χ3v) is 5.32. The Morgan fingerprint density at radius 3 is 2.55 bits per heavy atom. The van der Waals surface area contributed by atoms with Crippen LogP contribution >= 0.6 is 0 Å². The lowest BCUT2D eigenvalue weighted by Gasteiger charge is -2.29. The van der Waals surface area contributed by atoms with Gasteiger partial charge in [0, 0.05) is 13.1 Å². The van der Waals surface area contributed by atoms with Gasteiger partial charge in [-0.2, -0.15) is 0 Å². The predicted octanol–water partition coefficient (Wildman–Crippen LogP) is 3.94. The fourth-order valence-corrected chi connectivity index (χ4v) is 3.32. The highest BCUT2D eigenvalue weighted by Crippen LogP contribution is 2.23. The number of rotatable bonds is 10. The van der Waals surface area contributed by atoms with Crippen molar-refractivity contribution in [3.8, 4) is 11.5 Å². The van der Waals surface area contributed by atoms with Crippen LogP contribution in [0, 0.1) is 20.8 Å². The number of hydrogen-bond donors (Lipinski definition) is 1. The molecular weight excluding hydrogens is 392 g/mol. The molecule has 0 aromatic heterocycles. The molecule has 0 aliphatic rings. The Hall–Kier alpha value is -3.02. The molecular formula is C25H34N2O4. The van der Waals surface area contributed by atoms with Crippen LogP contribution in [0.5, 0.6) is 11.5 Å². The molecule has 2 rings (SSSR count). The molecule has 1 N–H and O–H groups in total. The minimum atomic E-state index is -0.630. The molecule has 0 aliphatic carbocycles. The number of carbonyl (C=O) groups is 2. The maximum atomic E-state index is 13.2. The number of ether oxygens (including phenoxy) is 2. The van der Waals surface area contributed by atoms with E-state index < -0.39 is 6.04 Å². The third-order valence-electron chi connectivity index (χ3n) is 5.32. The Kier molecular flexibility index (Phi) is 8.91. The summed E-state index contributed by atoms with van der Waals surface area (Å²) in [6.45, 7) is 10.4. The van der Waals surface area contributed by atoms with E-state index in [-0.39, 0.29) is 25.0 Å². The molecule has 0 saturated heterocycles. The van der Waals surface area contributed by atoms with Gasteiger partial charge in [-0.1, -0.05) is 25.1 Å². The van der Waals surface area contributed by atoms with Crippen LogP contribution in [0.4, 0.5) is 0 Å². The van der Waals surface area contributed by atoms with Crippen molar-refractivity contribution in [3.63, 3.8) is 0 Å². The van der Waals surface area contributed by atoms with E-state index in [0.29, 0.717) is 18.0 Å². The SMILES string of the molecule is CCCNC(=O)[C@@H](C)N(Cc1cccc(OC)c1)C(=O)COc1cc(C)cc(C)c1C. The average Bonchev–Trinajstić information content (AvgIpc) is 2.76. The molecule has 2 amide bonds. The van der Waals surface area contributed by atoms with Crippen LogP contribution in [0.25, 0.3) is 0 Å². The van der Waals surface area contributed by atoms with Crippen molar-refractivity contribution in [2.45, 2.75) is 53.6 Å². The molecule has 2 aromatic carbocycles. The van der Waals surface area contributed by atoms with Gasteiger partial charge in [0.2, 0.25) is 5.91 Å². The van der Waals surface area contributed by atoms with Gasteiger partial charge in [0.05, 0.1) is 7.11 Å². The molecule has 6 heteroatoms. The molecule has 0 fully saturated rings. The first kappa shape index (κ1) is 24.3. The lowest BCUT2D eigenvalue weighted by Crippen LogP contribution is -2.49. The Morgan fingerprint density at radius 2 is 1.87 bits per heavy atom. The summed E-state index contributed by atoms with van der Waals surface area (Å²) < 4.78 is 11.2. The maximum Gasteiger partial charge on any atom is 0.261 e. The predicted molar refractivity (Wildman–Crippen MR) is 122 cm³/mol.